The second kappa shape index (κ2) is 14.3. The zero-order valence-electron chi connectivity index (χ0n) is 34.8. The highest BCUT2D eigenvalue weighted by Crippen LogP contribution is 2.60. The van der Waals surface area contributed by atoms with Gasteiger partial charge < -0.3 is 13.7 Å². The maximum Gasteiger partial charge on any atom is 0.137 e. The van der Waals surface area contributed by atoms with Gasteiger partial charge in [0.2, 0.25) is 0 Å². The summed E-state index contributed by atoms with van der Waals surface area (Å²) in [5.41, 5.74) is 18.0. The fraction of sp³-hybridized carbons (Fsp3) is 0.0164. The van der Waals surface area contributed by atoms with Gasteiger partial charge in [0.25, 0.3) is 0 Å². The smallest absolute Gasteiger partial charge is 0.137 e. The van der Waals surface area contributed by atoms with Crippen LogP contribution in [-0.4, -0.2) is 0 Å². The van der Waals surface area contributed by atoms with Crippen LogP contribution in [-0.2, 0) is 5.41 Å². The van der Waals surface area contributed by atoms with Crippen molar-refractivity contribution in [2.75, 3.05) is 4.90 Å². The normalized spacial score (nSPS) is 12.8. The van der Waals surface area contributed by atoms with E-state index in [0.717, 1.165) is 72.1 Å². The molecule has 1 aliphatic rings. The number of hydrogen-bond acceptors (Lipinski definition) is 3. The van der Waals surface area contributed by atoms with Gasteiger partial charge in [-0.1, -0.05) is 182 Å². The maximum atomic E-state index is 6.86. The first kappa shape index (κ1) is 36.3. The summed E-state index contributed by atoms with van der Waals surface area (Å²) in [7, 11) is 0. The lowest BCUT2D eigenvalue weighted by Crippen LogP contribution is -2.28. The minimum Gasteiger partial charge on any atom is -0.456 e. The highest BCUT2D eigenvalue weighted by Gasteiger charge is 2.47. The predicted molar refractivity (Wildman–Crippen MR) is 264 cm³/mol. The van der Waals surface area contributed by atoms with Gasteiger partial charge in [-0.25, -0.2) is 0 Å². The van der Waals surface area contributed by atoms with E-state index >= 15 is 0 Å². The van der Waals surface area contributed by atoms with Crippen molar-refractivity contribution in [3.05, 3.63) is 259 Å². The van der Waals surface area contributed by atoms with Crippen molar-refractivity contribution < 1.29 is 8.83 Å². The minimum absolute atomic E-state index is 0.547. The standard InChI is InChI=1S/C61H39NO2/c1-5-17-40(18-6-1)42-31-34-46(35-32-42)62(53-28-15-27-52-59(53)47-25-13-14-26-51(47)61(52,44-21-9-3-10-22-44)45-23-11-4-12-24-45)54-29-16-30-56-60(54)50-39-57-49(38-58(50)64-56)48-37-43(33-36-55(48)63-57)41-19-7-2-8-20-41/h1-39H. The fourth-order valence-electron chi connectivity index (χ4n) is 10.6. The van der Waals surface area contributed by atoms with Crippen LogP contribution in [0.4, 0.5) is 17.1 Å². The molecular weight excluding hydrogens is 779 g/mol. The Morgan fingerprint density at radius 1 is 0.328 bits per heavy atom. The molecule has 0 fully saturated rings. The van der Waals surface area contributed by atoms with Crippen LogP contribution in [0.25, 0.3) is 77.3 Å². The summed E-state index contributed by atoms with van der Waals surface area (Å²) >= 11 is 0. The molecule has 2 aromatic heterocycles. The third-order valence-electron chi connectivity index (χ3n) is 13.3. The fourth-order valence-corrected chi connectivity index (χ4v) is 10.6. The number of benzene rings is 10. The number of anilines is 3. The summed E-state index contributed by atoms with van der Waals surface area (Å²) in [6.07, 6.45) is 0. The van der Waals surface area contributed by atoms with Crippen LogP contribution < -0.4 is 4.90 Å². The molecular formula is C61H39NO2. The minimum atomic E-state index is -0.547. The Kier molecular flexibility index (Phi) is 8.13. The van der Waals surface area contributed by atoms with Gasteiger partial charge in [-0.15, -0.1) is 0 Å². The average Bonchev–Trinajstić information content (AvgIpc) is 4.02. The quantitative estimate of drug-likeness (QED) is 0.160. The Hall–Kier alpha value is -8.40. The van der Waals surface area contributed by atoms with Crippen LogP contribution in [0.15, 0.2) is 245 Å². The van der Waals surface area contributed by atoms with E-state index in [1.807, 2.05) is 0 Å². The molecule has 10 aromatic carbocycles. The Labute approximate surface area is 370 Å². The average molecular weight is 818 g/mol. The molecule has 0 saturated heterocycles. The van der Waals surface area contributed by atoms with Crippen molar-refractivity contribution in [1.29, 1.82) is 0 Å². The largest absolute Gasteiger partial charge is 0.456 e. The van der Waals surface area contributed by atoms with Gasteiger partial charge in [0.15, 0.2) is 0 Å². The highest BCUT2D eigenvalue weighted by molar-refractivity contribution is 6.19. The van der Waals surface area contributed by atoms with E-state index in [-0.39, 0.29) is 0 Å². The Balaban J connectivity index is 1.08. The first-order valence-corrected chi connectivity index (χ1v) is 21.9. The van der Waals surface area contributed by atoms with Crippen molar-refractivity contribution in [3.63, 3.8) is 0 Å². The molecule has 0 bridgehead atoms. The molecule has 3 heteroatoms. The van der Waals surface area contributed by atoms with Crippen molar-refractivity contribution in [2.45, 2.75) is 5.41 Å². The Morgan fingerprint density at radius 2 is 0.844 bits per heavy atom. The van der Waals surface area contributed by atoms with Gasteiger partial charge in [0.05, 0.1) is 22.2 Å². The molecule has 0 spiro atoms. The lowest BCUT2D eigenvalue weighted by atomic mass is 9.68. The van der Waals surface area contributed by atoms with Crippen LogP contribution in [0.2, 0.25) is 0 Å². The van der Waals surface area contributed by atoms with E-state index < -0.39 is 5.41 Å². The van der Waals surface area contributed by atoms with E-state index in [9.17, 15) is 0 Å². The molecule has 13 rings (SSSR count). The molecule has 0 amide bonds. The van der Waals surface area contributed by atoms with Gasteiger partial charge in [-0.2, -0.15) is 0 Å². The van der Waals surface area contributed by atoms with Crippen molar-refractivity contribution in [3.8, 4) is 33.4 Å². The van der Waals surface area contributed by atoms with Gasteiger partial charge in [-0.05, 0) is 105 Å². The first-order valence-electron chi connectivity index (χ1n) is 21.9. The predicted octanol–water partition coefficient (Wildman–Crippen LogP) is 16.7. The summed E-state index contributed by atoms with van der Waals surface area (Å²) < 4.78 is 13.5. The monoisotopic (exact) mass is 817 g/mol. The Bertz CT molecular complexity index is 3660. The molecule has 12 aromatic rings. The number of nitrogens with zero attached hydrogens (tertiary/aromatic N) is 1. The van der Waals surface area contributed by atoms with Crippen molar-refractivity contribution >= 4 is 60.9 Å². The van der Waals surface area contributed by atoms with Crippen molar-refractivity contribution in [1.82, 2.24) is 0 Å². The zero-order chi connectivity index (χ0) is 42.2. The molecule has 3 nitrogen and oxygen atoms in total. The molecule has 0 atom stereocenters. The van der Waals surface area contributed by atoms with E-state index in [2.05, 4.69) is 241 Å². The number of fused-ring (bicyclic) bond motifs is 9. The second-order valence-corrected chi connectivity index (χ2v) is 16.8. The molecule has 1 aliphatic carbocycles. The molecule has 300 valence electrons. The molecule has 0 N–H and O–H groups in total. The van der Waals surface area contributed by atoms with Crippen LogP contribution >= 0.6 is 0 Å². The third kappa shape index (κ3) is 5.41. The SMILES string of the molecule is c1ccc(-c2ccc(N(c3cccc4c3-c3ccccc3C4(c3ccccc3)c3ccccc3)c3cccc4oc5cc6c(cc5c34)oc3ccc(-c4ccccc4)cc36)cc2)cc1. The summed E-state index contributed by atoms with van der Waals surface area (Å²) in [6, 6.07) is 85.2. The lowest BCUT2D eigenvalue weighted by molar-refractivity contribution is 0.664. The number of rotatable bonds is 7. The highest BCUT2D eigenvalue weighted by atomic mass is 16.3. The van der Waals surface area contributed by atoms with Crippen molar-refractivity contribution in [2.24, 2.45) is 0 Å². The van der Waals surface area contributed by atoms with Gasteiger partial charge in [0.1, 0.15) is 22.3 Å². The second-order valence-electron chi connectivity index (χ2n) is 16.8. The Morgan fingerprint density at radius 3 is 1.56 bits per heavy atom. The molecule has 2 heterocycles. The summed E-state index contributed by atoms with van der Waals surface area (Å²) in [6.45, 7) is 0. The lowest BCUT2D eigenvalue weighted by Gasteiger charge is -2.34. The number of furan rings is 2. The zero-order valence-corrected chi connectivity index (χ0v) is 34.8. The van der Waals surface area contributed by atoms with Crippen LogP contribution in [0.1, 0.15) is 22.3 Å². The topological polar surface area (TPSA) is 29.5 Å². The molecule has 0 radical (unpaired) electrons. The van der Waals surface area contributed by atoms with Gasteiger partial charge in [-0.3, -0.25) is 0 Å². The third-order valence-corrected chi connectivity index (χ3v) is 13.3. The summed E-state index contributed by atoms with van der Waals surface area (Å²) in [5.74, 6) is 0. The van der Waals surface area contributed by atoms with E-state index in [1.54, 1.807) is 0 Å². The van der Waals surface area contributed by atoms with Gasteiger partial charge >= 0.3 is 0 Å². The van der Waals surface area contributed by atoms with E-state index in [4.69, 9.17) is 8.83 Å². The van der Waals surface area contributed by atoms with Crippen LogP contribution in [0.5, 0.6) is 0 Å². The van der Waals surface area contributed by atoms with E-state index in [0.29, 0.717) is 0 Å². The molecule has 64 heavy (non-hydrogen) atoms. The molecule has 0 aliphatic heterocycles. The number of hydrogen-bond donors (Lipinski definition) is 0. The first-order chi connectivity index (χ1) is 31.7. The maximum absolute atomic E-state index is 6.86. The summed E-state index contributed by atoms with van der Waals surface area (Å²) in [5, 5.41) is 4.13. The summed E-state index contributed by atoms with van der Waals surface area (Å²) in [4.78, 5) is 2.45. The van der Waals surface area contributed by atoms with Gasteiger partial charge in [0, 0.05) is 27.4 Å². The molecule has 0 saturated carbocycles. The van der Waals surface area contributed by atoms with Crippen LogP contribution in [0, 0.1) is 0 Å². The van der Waals surface area contributed by atoms with E-state index in [1.165, 1.54) is 44.5 Å². The molecule has 0 unspecified atom stereocenters. The van der Waals surface area contributed by atoms with Crippen LogP contribution in [0.3, 0.4) is 0 Å².